The number of ketones is 1. The van der Waals surface area contributed by atoms with Crippen LogP contribution in [0.1, 0.15) is 49.7 Å². The van der Waals surface area contributed by atoms with Crippen molar-refractivity contribution in [1.82, 2.24) is 0 Å². The second kappa shape index (κ2) is 6.76. The average molecular weight is 316 g/mol. The van der Waals surface area contributed by atoms with Crippen molar-refractivity contribution < 1.29 is 4.79 Å². The third kappa shape index (κ3) is 2.96. The van der Waals surface area contributed by atoms with Crippen LogP contribution in [0.4, 0.5) is 0 Å². The highest BCUT2D eigenvalue weighted by atomic mass is 16.1. The van der Waals surface area contributed by atoms with Crippen LogP contribution in [0.2, 0.25) is 0 Å². The lowest BCUT2D eigenvalue weighted by Crippen LogP contribution is -2.15. The first-order chi connectivity index (χ1) is 11.8. The Labute approximate surface area is 144 Å². The summed E-state index contributed by atoms with van der Waals surface area (Å²) >= 11 is 0. The molecule has 0 radical (unpaired) electrons. The lowest BCUT2D eigenvalue weighted by atomic mass is 9.91. The van der Waals surface area contributed by atoms with Crippen LogP contribution in [-0.2, 0) is 4.79 Å². The van der Waals surface area contributed by atoms with Crippen LogP contribution in [0.25, 0.3) is 5.57 Å². The highest BCUT2D eigenvalue weighted by Crippen LogP contribution is 2.46. The van der Waals surface area contributed by atoms with Gasteiger partial charge in [-0.15, -0.1) is 0 Å². The first kappa shape index (κ1) is 15.4. The highest BCUT2D eigenvalue weighted by Gasteiger charge is 2.37. The number of rotatable bonds is 2. The minimum absolute atomic E-state index is 0.268. The monoisotopic (exact) mass is 316 g/mol. The molecule has 1 nitrogen and oxygen atoms in total. The van der Waals surface area contributed by atoms with E-state index in [2.05, 4.69) is 60.7 Å². The van der Waals surface area contributed by atoms with Gasteiger partial charge in [-0.25, -0.2) is 0 Å². The van der Waals surface area contributed by atoms with Gasteiger partial charge in [-0.05, 0) is 48.3 Å². The van der Waals surface area contributed by atoms with Crippen molar-refractivity contribution in [3.8, 4) is 0 Å². The van der Waals surface area contributed by atoms with Gasteiger partial charge in [0.25, 0.3) is 0 Å². The number of fused-ring (bicyclic) bond motifs is 1. The number of carbonyl (C=O) groups excluding carboxylic acids is 1. The van der Waals surface area contributed by atoms with E-state index in [0.29, 0.717) is 11.7 Å². The summed E-state index contributed by atoms with van der Waals surface area (Å²) in [7, 11) is 0. The van der Waals surface area contributed by atoms with Crippen LogP contribution in [0.3, 0.4) is 0 Å². The molecule has 1 heteroatoms. The predicted octanol–water partition coefficient (Wildman–Crippen LogP) is 5.66. The Kier molecular flexibility index (Phi) is 4.34. The Hall–Kier alpha value is -2.15. The van der Waals surface area contributed by atoms with E-state index in [0.717, 1.165) is 25.7 Å². The zero-order valence-electron chi connectivity index (χ0n) is 14.1. The van der Waals surface area contributed by atoms with Gasteiger partial charge in [-0.3, -0.25) is 4.79 Å². The molecule has 4 rings (SSSR count). The smallest absolute Gasteiger partial charge is 0.136 e. The fourth-order valence-corrected chi connectivity index (χ4v) is 4.53. The van der Waals surface area contributed by atoms with Crippen molar-refractivity contribution in [2.45, 2.75) is 38.5 Å². The van der Waals surface area contributed by atoms with Gasteiger partial charge in [0.1, 0.15) is 5.78 Å². The van der Waals surface area contributed by atoms with Crippen molar-refractivity contribution in [2.24, 2.45) is 11.8 Å². The van der Waals surface area contributed by atoms with Gasteiger partial charge in [0, 0.05) is 12.3 Å². The van der Waals surface area contributed by atoms with Gasteiger partial charge in [-0.2, -0.15) is 0 Å². The molecule has 0 aromatic heterocycles. The van der Waals surface area contributed by atoms with Gasteiger partial charge < -0.3 is 0 Å². The fraction of sp³-hybridized carbons (Fsp3) is 0.348. The summed E-state index contributed by atoms with van der Waals surface area (Å²) in [6.45, 7) is 0. The summed E-state index contributed by atoms with van der Waals surface area (Å²) in [5, 5.41) is 0. The number of Topliss-reactive ketones (excluding diaryl/α,β-unsaturated/α-hetero) is 1. The van der Waals surface area contributed by atoms with E-state index in [-0.39, 0.29) is 5.92 Å². The molecule has 2 aliphatic rings. The molecule has 0 bridgehead atoms. The molecule has 0 N–H and O–H groups in total. The first-order valence-corrected chi connectivity index (χ1v) is 9.18. The molecular weight excluding hydrogens is 292 g/mol. The molecule has 2 aromatic carbocycles. The predicted molar refractivity (Wildman–Crippen MR) is 98.6 cm³/mol. The minimum atomic E-state index is 0.268. The Morgan fingerprint density at radius 2 is 1.42 bits per heavy atom. The highest BCUT2D eigenvalue weighted by molar-refractivity contribution is 5.86. The largest absolute Gasteiger partial charge is 0.299 e. The number of carbonyl (C=O) groups is 1. The van der Waals surface area contributed by atoms with E-state index in [4.69, 9.17) is 0 Å². The topological polar surface area (TPSA) is 17.1 Å². The van der Waals surface area contributed by atoms with E-state index in [1.165, 1.54) is 35.1 Å². The van der Waals surface area contributed by atoms with Crippen molar-refractivity contribution in [3.05, 3.63) is 77.4 Å². The number of hydrogen-bond donors (Lipinski definition) is 0. The number of allylic oxidation sites excluding steroid dienone is 1. The van der Waals surface area contributed by atoms with Crippen molar-refractivity contribution in [3.63, 3.8) is 0 Å². The minimum Gasteiger partial charge on any atom is -0.299 e. The maximum atomic E-state index is 12.5. The third-order valence-corrected chi connectivity index (χ3v) is 5.68. The molecule has 2 unspecified atom stereocenters. The Balaban J connectivity index is 1.79. The van der Waals surface area contributed by atoms with E-state index in [9.17, 15) is 4.79 Å². The van der Waals surface area contributed by atoms with Gasteiger partial charge in [-0.1, -0.05) is 72.7 Å². The molecular formula is C23H24O. The van der Waals surface area contributed by atoms with Crippen LogP contribution in [-0.4, -0.2) is 5.78 Å². The van der Waals surface area contributed by atoms with Gasteiger partial charge in [0.15, 0.2) is 0 Å². The van der Waals surface area contributed by atoms with Crippen LogP contribution in [0.5, 0.6) is 0 Å². The van der Waals surface area contributed by atoms with Crippen LogP contribution in [0.15, 0.2) is 66.2 Å². The zero-order valence-corrected chi connectivity index (χ0v) is 14.1. The first-order valence-electron chi connectivity index (χ1n) is 9.18. The Bertz CT molecular complexity index is 701. The van der Waals surface area contributed by atoms with Crippen molar-refractivity contribution in [1.29, 1.82) is 0 Å². The van der Waals surface area contributed by atoms with E-state index >= 15 is 0 Å². The lowest BCUT2D eigenvalue weighted by molar-refractivity contribution is -0.123. The second-order valence-electron chi connectivity index (χ2n) is 7.20. The quantitative estimate of drug-likeness (QED) is 0.699. The normalized spacial score (nSPS) is 23.7. The molecule has 2 aliphatic carbocycles. The molecule has 0 aliphatic heterocycles. The van der Waals surface area contributed by atoms with Gasteiger partial charge >= 0.3 is 0 Å². The lowest BCUT2D eigenvalue weighted by Gasteiger charge is -2.13. The molecule has 2 fully saturated rings. The van der Waals surface area contributed by atoms with E-state index < -0.39 is 0 Å². The van der Waals surface area contributed by atoms with Gasteiger partial charge in [0.05, 0.1) is 0 Å². The van der Waals surface area contributed by atoms with E-state index in [1.807, 2.05) is 0 Å². The Morgan fingerprint density at radius 1 is 0.792 bits per heavy atom. The van der Waals surface area contributed by atoms with Crippen molar-refractivity contribution in [2.75, 3.05) is 0 Å². The molecule has 2 aromatic rings. The molecule has 2 saturated carbocycles. The van der Waals surface area contributed by atoms with Crippen LogP contribution < -0.4 is 0 Å². The number of hydrogen-bond acceptors (Lipinski definition) is 1. The standard InChI is InChI=1S/C23H24O/c24-22-14-8-7-13-19-15-20(16-21(19)22)23(17-9-3-1-4-10-17)18-11-5-2-6-12-18/h1-6,9-12,19,21H,7-8,13-16H2. The molecule has 0 saturated heterocycles. The summed E-state index contributed by atoms with van der Waals surface area (Å²) in [6, 6.07) is 21.4. The summed E-state index contributed by atoms with van der Waals surface area (Å²) in [5.74, 6) is 1.34. The summed E-state index contributed by atoms with van der Waals surface area (Å²) < 4.78 is 0. The summed E-state index contributed by atoms with van der Waals surface area (Å²) in [5.41, 5.74) is 5.40. The second-order valence-corrected chi connectivity index (χ2v) is 7.20. The average Bonchev–Trinajstić information content (AvgIpc) is 2.97. The molecule has 0 spiro atoms. The molecule has 0 amide bonds. The van der Waals surface area contributed by atoms with Crippen LogP contribution in [0, 0.1) is 11.8 Å². The van der Waals surface area contributed by atoms with E-state index in [1.54, 1.807) is 0 Å². The fourth-order valence-electron chi connectivity index (χ4n) is 4.53. The molecule has 0 heterocycles. The SMILES string of the molecule is O=C1CCCCC2CC(=C(c3ccccc3)c3ccccc3)CC12. The molecule has 2 atom stereocenters. The summed E-state index contributed by atoms with van der Waals surface area (Å²) in [4.78, 5) is 12.5. The van der Waals surface area contributed by atoms with Crippen molar-refractivity contribution >= 4 is 11.4 Å². The maximum Gasteiger partial charge on any atom is 0.136 e. The summed E-state index contributed by atoms with van der Waals surface area (Å²) in [6.07, 6.45) is 6.37. The zero-order chi connectivity index (χ0) is 16.4. The third-order valence-electron chi connectivity index (χ3n) is 5.68. The number of benzene rings is 2. The maximum absolute atomic E-state index is 12.5. The van der Waals surface area contributed by atoms with Crippen LogP contribution >= 0.6 is 0 Å². The molecule has 122 valence electrons. The Morgan fingerprint density at radius 3 is 2.04 bits per heavy atom. The molecule has 24 heavy (non-hydrogen) atoms. The van der Waals surface area contributed by atoms with Gasteiger partial charge in [0.2, 0.25) is 0 Å².